The van der Waals surface area contributed by atoms with Crippen LogP contribution >= 0.6 is 23.4 Å². The highest BCUT2D eigenvalue weighted by atomic mass is 35.5. The average Bonchev–Trinajstić information content (AvgIpc) is 3.11. The third-order valence-corrected chi connectivity index (χ3v) is 4.92. The van der Waals surface area contributed by atoms with Gasteiger partial charge < -0.3 is 0 Å². The van der Waals surface area contributed by atoms with Crippen LogP contribution in [-0.2, 0) is 0 Å². The standard InChI is InChI=1S/C13H13ClN4O2S/c14-10-7-9(18(19)20)5-6-11(10)21-13-15-12(16-17-13)8-3-1-2-4-8/h5-8H,1-4H2,(H,15,16,17). The number of non-ortho nitro benzene ring substituents is 1. The molecule has 0 bridgehead atoms. The van der Waals surface area contributed by atoms with Crippen molar-refractivity contribution >= 4 is 29.1 Å². The van der Waals surface area contributed by atoms with Crippen molar-refractivity contribution < 1.29 is 4.92 Å². The Labute approximate surface area is 130 Å². The molecule has 110 valence electrons. The largest absolute Gasteiger partial charge is 0.270 e. The first-order valence-electron chi connectivity index (χ1n) is 6.67. The van der Waals surface area contributed by atoms with Gasteiger partial charge in [0.15, 0.2) is 0 Å². The molecule has 1 aliphatic carbocycles. The molecule has 2 aromatic rings. The van der Waals surface area contributed by atoms with Gasteiger partial charge in [-0.2, -0.15) is 0 Å². The van der Waals surface area contributed by atoms with Crippen molar-refractivity contribution in [3.05, 3.63) is 39.2 Å². The molecule has 6 nitrogen and oxygen atoms in total. The Balaban J connectivity index is 1.76. The third kappa shape index (κ3) is 3.19. The SMILES string of the molecule is O=[N+]([O-])c1ccc(Sc2n[nH]c(C3CCCC3)n2)c(Cl)c1. The molecule has 1 saturated carbocycles. The Morgan fingerprint density at radius 1 is 1.38 bits per heavy atom. The summed E-state index contributed by atoms with van der Waals surface area (Å²) in [6, 6.07) is 4.39. The molecule has 0 amide bonds. The van der Waals surface area contributed by atoms with E-state index in [4.69, 9.17) is 11.6 Å². The van der Waals surface area contributed by atoms with E-state index in [1.165, 1.54) is 36.7 Å². The van der Waals surface area contributed by atoms with Crippen LogP contribution in [0.3, 0.4) is 0 Å². The van der Waals surface area contributed by atoms with Crippen molar-refractivity contribution in [3.63, 3.8) is 0 Å². The highest BCUT2D eigenvalue weighted by Crippen LogP contribution is 2.36. The summed E-state index contributed by atoms with van der Waals surface area (Å²) >= 11 is 7.37. The number of aromatic amines is 1. The second-order valence-electron chi connectivity index (χ2n) is 4.96. The summed E-state index contributed by atoms with van der Waals surface area (Å²) in [5, 5.41) is 18.8. The fourth-order valence-electron chi connectivity index (χ4n) is 2.47. The number of halogens is 1. The van der Waals surface area contributed by atoms with Gasteiger partial charge in [0.25, 0.3) is 5.69 Å². The second-order valence-corrected chi connectivity index (χ2v) is 6.37. The van der Waals surface area contributed by atoms with Crippen molar-refractivity contribution in [2.75, 3.05) is 0 Å². The molecule has 0 atom stereocenters. The van der Waals surface area contributed by atoms with Gasteiger partial charge in [-0.25, -0.2) is 4.98 Å². The lowest BCUT2D eigenvalue weighted by atomic mass is 10.1. The summed E-state index contributed by atoms with van der Waals surface area (Å²) in [7, 11) is 0. The molecule has 0 aliphatic heterocycles. The zero-order chi connectivity index (χ0) is 14.8. The number of nitrogens with zero attached hydrogens (tertiary/aromatic N) is 3. The van der Waals surface area contributed by atoms with Crippen LogP contribution in [-0.4, -0.2) is 20.1 Å². The smallest absolute Gasteiger partial charge is 0.262 e. The van der Waals surface area contributed by atoms with E-state index in [-0.39, 0.29) is 5.69 Å². The molecule has 1 aromatic heterocycles. The third-order valence-electron chi connectivity index (χ3n) is 3.55. The molecule has 1 aromatic carbocycles. The lowest BCUT2D eigenvalue weighted by Gasteiger charge is -2.02. The lowest BCUT2D eigenvalue weighted by molar-refractivity contribution is -0.384. The molecule has 21 heavy (non-hydrogen) atoms. The van der Waals surface area contributed by atoms with Crippen LogP contribution in [0.25, 0.3) is 0 Å². The van der Waals surface area contributed by atoms with Crippen molar-refractivity contribution in [2.45, 2.75) is 41.7 Å². The van der Waals surface area contributed by atoms with Crippen molar-refractivity contribution in [2.24, 2.45) is 0 Å². The Hall–Kier alpha value is -1.60. The summed E-state index contributed by atoms with van der Waals surface area (Å²) in [6.45, 7) is 0. The molecule has 0 spiro atoms. The lowest BCUT2D eigenvalue weighted by Crippen LogP contribution is -1.94. The number of hydrogen-bond donors (Lipinski definition) is 1. The zero-order valence-electron chi connectivity index (χ0n) is 11.1. The normalized spacial score (nSPS) is 15.5. The van der Waals surface area contributed by atoms with E-state index < -0.39 is 4.92 Å². The van der Waals surface area contributed by atoms with Gasteiger partial charge in [0.05, 0.1) is 9.95 Å². The summed E-state index contributed by atoms with van der Waals surface area (Å²) in [4.78, 5) is 15.4. The van der Waals surface area contributed by atoms with Gasteiger partial charge in [0.1, 0.15) is 5.82 Å². The minimum absolute atomic E-state index is 0.0222. The Morgan fingerprint density at radius 2 is 2.14 bits per heavy atom. The van der Waals surface area contributed by atoms with Gasteiger partial charge in [-0.1, -0.05) is 24.4 Å². The number of nitro benzene ring substituents is 1. The van der Waals surface area contributed by atoms with Crippen LogP contribution in [0.4, 0.5) is 5.69 Å². The highest BCUT2D eigenvalue weighted by Gasteiger charge is 2.21. The number of hydrogen-bond acceptors (Lipinski definition) is 5. The molecule has 1 N–H and O–H groups in total. The van der Waals surface area contributed by atoms with Crippen LogP contribution in [0.15, 0.2) is 28.3 Å². The van der Waals surface area contributed by atoms with Crippen LogP contribution in [0, 0.1) is 10.1 Å². The van der Waals surface area contributed by atoms with Gasteiger partial charge in [-0.3, -0.25) is 15.2 Å². The molecule has 8 heteroatoms. The fraction of sp³-hybridized carbons (Fsp3) is 0.385. The van der Waals surface area contributed by atoms with E-state index in [1.54, 1.807) is 6.07 Å². The molecule has 0 saturated heterocycles. The number of rotatable bonds is 4. The average molecular weight is 325 g/mol. The Kier molecular flexibility index (Phi) is 4.12. The van der Waals surface area contributed by atoms with Crippen molar-refractivity contribution in [1.82, 2.24) is 15.2 Å². The number of aromatic nitrogens is 3. The first-order valence-corrected chi connectivity index (χ1v) is 7.87. The first kappa shape index (κ1) is 14.3. The summed E-state index contributed by atoms with van der Waals surface area (Å²) in [5.41, 5.74) is -0.0222. The molecule has 3 rings (SSSR count). The maximum absolute atomic E-state index is 10.7. The second kappa shape index (κ2) is 6.03. The van der Waals surface area contributed by atoms with E-state index in [1.807, 2.05) is 0 Å². The predicted octanol–water partition coefficient (Wildman–Crippen LogP) is 4.18. The first-order chi connectivity index (χ1) is 10.1. The predicted molar refractivity (Wildman–Crippen MR) is 79.8 cm³/mol. The topological polar surface area (TPSA) is 84.7 Å². The molecular formula is C13H13ClN4O2S. The summed E-state index contributed by atoms with van der Waals surface area (Å²) in [5.74, 6) is 1.40. The van der Waals surface area contributed by atoms with Gasteiger partial charge >= 0.3 is 0 Å². The molecule has 1 heterocycles. The fourth-order valence-corrected chi connectivity index (χ4v) is 3.49. The Morgan fingerprint density at radius 3 is 2.81 bits per heavy atom. The van der Waals surface area contributed by atoms with E-state index in [0.717, 1.165) is 18.7 Å². The maximum atomic E-state index is 10.7. The summed E-state index contributed by atoms with van der Waals surface area (Å²) in [6.07, 6.45) is 4.78. The number of benzene rings is 1. The maximum Gasteiger partial charge on any atom is 0.270 e. The van der Waals surface area contributed by atoms with E-state index in [0.29, 0.717) is 21.0 Å². The monoisotopic (exact) mass is 324 g/mol. The van der Waals surface area contributed by atoms with Gasteiger partial charge in [0, 0.05) is 22.9 Å². The van der Waals surface area contributed by atoms with Gasteiger partial charge in [-0.05, 0) is 30.7 Å². The molecule has 1 aliphatic rings. The quantitative estimate of drug-likeness (QED) is 0.673. The number of H-pyrrole nitrogens is 1. The van der Waals surface area contributed by atoms with E-state index >= 15 is 0 Å². The molecule has 1 fully saturated rings. The highest BCUT2D eigenvalue weighted by molar-refractivity contribution is 7.99. The minimum Gasteiger partial charge on any atom is -0.262 e. The van der Waals surface area contributed by atoms with Gasteiger partial charge in [0.2, 0.25) is 5.16 Å². The van der Waals surface area contributed by atoms with Crippen LogP contribution in [0.5, 0.6) is 0 Å². The van der Waals surface area contributed by atoms with Crippen LogP contribution in [0.1, 0.15) is 37.4 Å². The molecule has 0 radical (unpaired) electrons. The summed E-state index contributed by atoms with van der Waals surface area (Å²) < 4.78 is 0. The van der Waals surface area contributed by atoms with Crippen LogP contribution in [0.2, 0.25) is 5.02 Å². The Bertz CT molecular complexity index is 670. The zero-order valence-corrected chi connectivity index (χ0v) is 12.7. The number of nitrogens with one attached hydrogen (secondary N) is 1. The number of nitro groups is 1. The van der Waals surface area contributed by atoms with Gasteiger partial charge in [-0.15, -0.1) is 5.10 Å². The van der Waals surface area contributed by atoms with Crippen molar-refractivity contribution in [3.8, 4) is 0 Å². The van der Waals surface area contributed by atoms with Crippen molar-refractivity contribution in [1.29, 1.82) is 0 Å². The minimum atomic E-state index is -0.467. The molecular weight excluding hydrogens is 312 g/mol. The van der Waals surface area contributed by atoms with E-state index in [2.05, 4.69) is 15.2 Å². The molecule has 0 unspecified atom stereocenters. The van der Waals surface area contributed by atoms with Crippen LogP contribution < -0.4 is 0 Å². The van der Waals surface area contributed by atoms with E-state index in [9.17, 15) is 10.1 Å².